The number of nitrogens with one attached hydrogen (secondary N) is 1. The van der Waals surface area contributed by atoms with Gasteiger partial charge in [0, 0.05) is 29.3 Å². The van der Waals surface area contributed by atoms with Gasteiger partial charge in [0.25, 0.3) is 5.91 Å². The quantitative estimate of drug-likeness (QED) is 0.379. The summed E-state index contributed by atoms with van der Waals surface area (Å²) < 4.78 is 0. The molecule has 2 heterocycles. The predicted molar refractivity (Wildman–Crippen MR) is 120 cm³/mol. The van der Waals surface area contributed by atoms with Crippen molar-refractivity contribution in [2.75, 3.05) is 18.5 Å². The average Bonchev–Trinajstić information content (AvgIpc) is 3.23. The first-order chi connectivity index (χ1) is 15.2. The van der Waals surface area contributed by atoms with Crippen molar-refractivity contribution >= 4 is 34.1 Å². The van der Waals surface area contributed by atoms with E-state index < -0.39 is 6.04 Å². The number of hydrogen-bond acceptors (Lipinski definition) is 5. The molecule has 0 bridgehead atoms. The number of hydrogen-bond donors (Lipinski definition) is 1. The lowest BCUT2D eigenvalue weighted by atomic mass is 10.1. The van der Waals surface area contributed by atoms with E-state index in [1.165, 1.54) is 4.90 Å². The SMILES string of the molecule is C=CCON=C1C[C@@H](C(=O)Nc2ccc3ncccc3c2)N(C(=O)c2ccccc2)C1. The third kappa shape index (κ3) is 4.61. The van der Waals surface area contributed by atoms with E-state index in [1.54, 1.807) is 42.6 Å². The molecule has 31 heavy (non-hydrogen) atoms. The van der Waals surface area contributed by atoms with Gasteiger partial charge in [-0.15, -0.1) is 0 Å². The van der Waals surface area contributed by atoms with Crippen LogP contribution in [-0.4, -0.2) is 46.6 Å². The highest BCUT2D eigenvalue weighted by Gasteiger charge is 2.38. The number of pyridine rings is 1. The Morgan fingerprint density at radius 1 is 1.19 bits per heavy atom. The Labute approximate surface area is 180 Å². The summed E-state index contributed by atoms with van der Waals surface area (Å²) in [5, 5.41) is 7.93. The van der Waals surface area contributed by atoms with Crippen LogP contribution < -0.4 is 5.32 Å². The molecule has 0 spiro atoms. The molecule has 1 saturated heterocycles. The average molecular weight is 414 g/mol. The van der Waals surface area contributed by atoms with Crippen LogP contribution in [0.5, 0.6) is 0 Å². The van der Waals surface area contributed by atoms with Crippen LogP contribution in [0.25, 0.3) is 10.9 Å². The lowest BCUT2D eigenvalue weighted by Crippen LogP contribution is -2.43. The lowest BCUT2D eigenvalue weighted by molar-refractivity contribution is -0.119. The van der Waals surface area contributed by atoms with Gasteiger partial charge in [-0.05, 0) is 36.4 Å². The van der Waals surface area contributed by atoms with E-state index in [2.05, 4.69) is 22.0 Å². The highest BCUT2D eigenvalue weighted by Crippen LogP contribution is 2.22. The van der Waals surface area contributed by atoms with Crippen LogP contribution in [-0.2, 0) is 9.63 Å². The zero-order chi connectivity index (χ0) is 21.6. The molecule has 2 amide bonds. The molecule has 0 saturated carbocycles. The highest BCUT2D eigenvalue weighted by atomic mass is 16.6. The minimum atomic E-state index is -0.691. The molecule has 0 aliphatic carbocycles. The van der Waals surface area contributed by atoms with Crippen LogP contribution in [0, 0.1) is 0 Å². The van der Waals surface area contributed by atoms with Gasteiger partial charge < -0.3 is 15.1 Å². The summed E-state index contributed by atoms with van der Waals surface area (Å²) in [6.45, 7) is 4.08. The Kier molecular flexibility index (Phi) is 6.03. The van der Waals surface area contributed by atoms with Crippen molar-refractivity contribution in [3.63, 3.8) is 0 Å². The van der Waals surface area contributed by atoms with E-state index in [0.29, 0.717) is 23.4 Å². The number of rotatable bonds is 6. The van der Waals surface area contributed by atoms with Gasteiger partial charge in [0.15, 0.2) is 0 Å². The molecule has 4 rings (SSSR count). The number of benzene rings is 2. The minimum Gasteiger partial charge on any atom is -0.392 e. The summed E-state index contributed by atoms with van der Waals surface area (Å²) in [5.41, 5.74) is 2.64. The van der Waals surface area contributed by atoms with Crippen molar-refractivity contribution in [3.05, 3.63) is 85.1 Å². The van der Waals surface area contributed by atoms with E-state index in [4.69, 9.17) is 4.84 Å². The fourth-order valence-electron chi connectivity index (χ4n) is 3.53. The molecule has 7 nitrogen and oxygen atoms in total. The number of carbonyl (C=O) groups is 2. The van der Waals surface area contributed by atoms with Gasteiger partial charge in [0.1, 0.15) is 12.6 Å². The lowest BCUT2D eigenvalue weighted by Gasteiger charge is -2.23. The van der Waals surface area contributed by atoms with E-state index in [-0.39, 0.29) is 25.0 Å². The summed E-state index contributed by atoms with van der Waals surface area (Å²) in [7, 11) is 0. The van der Waals surface area contributed by atoms with Gasteiger partial charge in [0.2, 0.25) is 5.91 Å². The van der Waals surface area contributed by atoms with Gasteiger partial charge in [0.05, 0.1) is 17.8 Å². The highest BCUT2D eigenvalue weighted by molar-refractivity contribution is 6.08. The van der Waals surface area contributed by atoms with Gasteiger partial charge in [-0.2, -0.15) is 0 Å². The third-order valence-electron chi connectivity index (χ3n) is 5.00. The molecule has 0 radical (unpaired) electrons. The maximum absolute atomic E-state index is 13.1. The van der Waals surface area contributed by atoms with Crippen LogP contribution in [0.15, 0.2) is 84.7 Å². The Morgan fingerprint density at radius 3 is 2.84 bits per heavy atom. The fourth-order valence-corrected chi connectivity index (χ4v) is 3.53. The van der Waals surface area contributed by atoms with Crippen LogP contribution in [0.1, 0.15) is 16.8 Å². The Bertz CT molecular complexity index is 1140. The summed E-state index contributed by atoms with van der Waals surface area (Å²) in [5.74, 6) is -0.501. The molecule has 3 aromatic rings. The van der Waals surface area contributed by atoms with Gasteiger partial charge in [-0.3, -0.25) is 14.6 Å². The maximum Gasteiger partial charge on any atom is 0.254 e. The topological polar surface area (TPSA) is 83.9 Å². The van der Waals surface area contributed by atoms with Crippen LogP contribution in [0.2, 0.25) is 0 Å². The number of aromatic nitrogens is 1. The number of fused-ring (bicyclic) bond motifs is 1. The number of amides is 2. The zero-order valence-corrected chi connectivity index (χ0v) is 16.9. The summed E-state index contributed by atoms with van der Waals surface area (Å²) in [6.07, 6.45) is 3.61. The van der Waals surface area contributed by atoms with E-state index >= 15 is 0 Å². The molecule has 7 heteroatoms. The van der Waals surface area contributed by atoms with Gasteiger partial charge in [-0.25, -0.2) is 0 Å². The monoisotopic (exact) mass is 414 g/mol. The second-order valence-corrected chi connectivity index (χ2v) is 7.16. The predicted octanol–water partition coefficient (Wildman–Crippen LogP) is 3.65. The molecular formula is C24H22N4O3. The summed E-state index contributed by atoms with van der Waals surface area (Å²) >= 11 is 0. The Morgan fingerprint density at radius 2 is 2.03 bits per heavy atom. The molecule has 0 unspecified atom stereocenters. The smallest absolute Gasteiger partial charge is 0.254 e. The standard InChI is InChI=1S/C24H22N4O3/c1-2-13-31-27-20-15-22(28(16-20)24(30)17-7-4-3-5-8-17)23(29)26-19-10-11-21-18(14-19)9-6-12-25-21/h2-12,14,22H,1,13,15-16H2,(H,26,29)/t22-/m0/s1. The van der Waals surface area contributed by atoms with Crippen molar-refractivity contribution < 1.29 is 14.4 Å². The van der Waals surface area contributed by atoms with Crippen LogP contribution >= 0.6 is 0 Å². The molecule has 1 fully saturated rings. The Balaban J connectivity index is 1.56. The molecule has 1 atom stereocenters. The molecule has 1 N–H and O–H groups in total. The first-order valence-electron chi connectivity index (χ1n) is 9.96. The minimum absolute atomic E-state index is 0.225. The number of nitrogens with zero attached hydrogens (tertiary/aromatic N) is 3. The molecule has 1 aromatic heterocycles. The third-order valence-corrected chi connectivity index (χ3v) is 5.00. The van der Waals surface area contributed by atoms with Crippen molar-refractivity contribution in [2.45, 2.75) is 12.5 Å². The number of oxime groups is 1. The van der Waals surface area contributed by atoms with E-state index in [0.717, 1.165) is 10.9 Å². The summed E-state index contributed by atoms with van der Waals surface area (Å²) in [6, 6.07) is 17.5. The molecular weight excluding hydrogens is 392 g/mol. The normalized spacial score (nSPS) is 17.0. The maximum atomic E-state index is 13.1. The summed E-state index contributed by atoms with van der Waals surface area (Å²) in [4.78, 5) is 37.2. The second-order valence-electron chi connectivity index (χ2n) is 7.16. The van der Waals surface area contributed by atoms with E-state index in [1.807, 2.05) is 30.3 Å². The number of carbonyl (C=O) groups excluding carboxylic acids is 2. The van der Waals surface area contributed by atoms with Crippen molar-refractivity contribution in [1.82, 2.24) is 9.88 Å². The fraction of sp³-hybridized carbons (Fsp3) is 0.167. The van der Waals surface area contributed by atoms with Crippen molar-refractivity contribution in [3.8, 4) is 0 Å². The van der Waals surface area contributed by atoms with Gasteiger partial charge in [-0.1, -0.05) is 42.1 Å². The molecule has 2 aromatic carbocycles. The second kappa shape index (κ2) is 9.21. The molecule has 156 valence electrons. The molecule has 1 aliphatic heterocycles. The Hall–Kier alpha value is -4.00. The first kappa shape index (κ1) is 20.3. The van der Waals surface area contributed by atoms with Crippen LogP contribution in [0.4, 0.5) is 5.69 Å². The van der Waals surface area contributed by atoms with Crippen LogP contribution in [0.3, 0.4) is 0 Å². The molecule has 1 aliphatic rings. The number of likely N-dealkylation sites (tertiary alicyclic amines) is 1. The zero-order valence-electron chi connectivity index (χ0n) is 16.9. The number of anilines is 1. The largest absolute Gasteiger partial charge is 0.392 e. The van der Waals surface area contributed by atoms with Crippen molar-refractivity contribution in [1.29, 1.82) is 0 Å². The van der Waals surface area contributed by atoms with Crippen molar-refractivity contribution in [2.24, 2.45) is 5.16 Å². The van der Waals surface area contributed by atoms with E-state index in [9.17, 15) is 9.59 Å². The first-order valence-corrected chi connectivity index (χ1v) is 9.96. The van der Waals surface area contributed by atoms with Gasteiger partial charge >= 0.3 is 0 Å².